The van der Waals surface area contributed by atoms with Crippen molar-refractivity contribution in [1.82, 2.24) is 5.43 Å². The van der Waals surface area contributed by atoms with Crippen molar-refractivity contribution in [1.29, 1.82) is 0 Å². The molecular formula is C23H23N5O5S. The minimum atomic E-state index is -4.22. The third-order valence-corrected chi connectivity index (χ3v) is 6.89. The maximum absolute atomic E-state index is 13.4. The Morgan fingerprint density at radius 1 is 1.00 bits per heavy atom. The number of aliphatic imine (C=N–C) groups is 1. The number of sulfone groups is 1. The van der Waals surface area contributed by atoms with E-state index in [0.717, 1.165) is 0 Å². The monoisotopic (exact) mass is 481 g/mol. The Labute approximate surface area is 196 Å². The SMILES string of the molecule is NNC=Nc1cccc(C(=O)c2cc(CCC(=O)O)c(N)c(S(=O)(=O)c3ccccc3)c2N)c1. The number of aryl methyl sites for hydroxylation is 1. The first-order valence-electron chi connectivity index (χ1n) is 10.0. The van der Waals surface area contributed by atoms with Crippen LogP contribution in [0.25, 0.3) is 0 Å². The van der Waals surface area contributed by atoms with E-state index in [0.29, 0.717) is 5.69 Å². The number of benzene rings is 3. The summed E-state index contributed by atoms with van der Waals surface area (Å²) in [5.41, 5.74) is 14.9. The van der Waals surface area contributed by atoms with Crippen molar-refractivity contribution in [3.05, 3.63) is 77.4 Å². The highest BCUT2D eigenvalue weighted by molar-refractivity contribution is 7.91. The Balaban J connectivity index is 2.22. The molecule has 10 nitrogen and oxygen atoms in total. The maximum atomic E-state index is 13.4. The second kappa shape index (κ2) is 10.1. The number of aliphatic carboxylic acids is 1. The minimum absolute atomic E-state index is 0.0622. The Morgan fingerprint density at radius 2 is 1.71 bits per heavy atom. The van der Waals surface area contributed by atoms with Crippen LogP contribution in [-0.2, 0) is 21.1 Å². The summed E-state index contributed by atoms with van der Waals surface area (Å²) in [6.07, 6.45) is 0.824. The highest BCUT2D eigenvalue weighted by Crippen LogP contribution is 2.37. The van der Waals surface area contributed by atoms with E-state index in [1.807, 2.05) is 0 Å². The number of carboxylic acid groups (broad SMARTS) is 1. The number of nitrogens with two attached hydrogens (primary N) is 3. The number of nitrogens with zero attached hydrogens (tertiary/aromatic N) is 1. The van der Waals surface area contributed by atoms with Gasteiger partial charge in [-0.3, -0.25) is 9.59 Å². The van der Waals surface area contributed by atoms with Crippen molar-refractivity contribution < 1.29 is 23.1 Å². The Morgan fingerprint density at radius 3 is 2.35 bits per heavy atom. The van der Waals surface area contributed by atoms with E-state index < -0.39 is 26.5 Å². The third-order valence-electron chi connectivity index (χ3n) is 5.02. The molecule has 34 heavy (non-hydrogen) atoms. The van der Waals surface area contributed by atoms with Crippen molar-refractivity contribution in [3.63, 3.8) is 0 Å². The number of nitrogens with one attached hydrogen (secondary N) is 1. The zero-order valence-electron chi connectivity index (χ0n) is 17.9. The lowest BCUT2D eigenvalue weighted by molar-refractivity contribution is -0.136. The van der Waals surface area contributed by atoms with Crippen molar-refractivity contribution in [2.45, 2.75) is 22.6 Å². The zero-order chi connectivity index (χ0) is 24.9. The van der Waals surface area contributed by atoms with E-state index >= 15 is 0 Å². The predicted octanol–water partition coefficient (Wildman–Crippen LogP) is 2.06. The van der Waals surface area contributed by atoms with E-state index in [9.17, 15) is 18.0 Å². The van der Waals surface area contributed by atoms with Gasteiger partial charge in [-0.1, -0.05) is 30.3 Å². The number of hydrogen-bond acceptors (Lipinski definition) is 8. The number of hydrogen-bond donors (Lipinski definition) is 5. The summed E-state index contributed by atoms with van der Waals surface area (Å²) in [4.78, 5) is 28.1. The summed E-state index contributed by atoms with van der Waals surface area (Å²) in [5, 5.41) is 9.11. The lowest BCUT2D eigenvalue weighted by atomic mass is 9.96. The van der Waals surface area contributed by atoms with Gasteiger partial charge >= 0.3 is 5.97 Å². The molecule has 0 aliphatic carbocycles. The fourth-order valence-corrected chi connectivity index (χ4v) is 4.95. The average Bonchev–Trinajstić information content (AvgIpc) is 2.82. The molecule has 0 radical (unpaired) electrons. The molecule has 176 valence electrons. The number of anilines is 2. The smallest absolute Gasteiger partial charge is 0.303 e. The number of hydrazine groups is 1. The van der Waals surface area contributed by atoms with Crippen LogP contribution in [0, 0.1) is 0 Å². The van der Waals surface area contributed by atoms with Crippen LogP contribution in [0.1, 0.15) is 27.9 Å². The minimum Gasteiger partial charge on any atom is -0.481 e. The molecule has 0 aromatic heterocycles. The summed E-state index contributed by atoms with van der Waals surface area (Å²) in [6, 6.07) is 15.1. The first-order chi connectivity index (χ1) is 16.2. The van der Waals surface area contributed by atoms with Gasteiger partial charge in [0.25, 0.3) is 0 Å². The first kappa shape index (κ1) is 24.4. The van der Waals surface area contributed by atoms with Crippen LogP contribution in [0.4, 0.5) is 17.1 Å². The van der Waals surface area contributed by atoms with Crippen LogP contribution in [-0.4, -0.2) is 31.6 Å². The summed E-state index contributed by atoms with van der Waals surface area (Å²) >= 11 is 0. The fraction of sp³-hybridized carbons (Fsp3) is 0.0870. The molecule has 0 unspecified atom stereocenters. The van der Waals surface area contributed by atoms with Crippen molar-refractivity contribution in [2.75, 3.05) is 11.5 Å². The van der Waals surface area contributed by atoms with E-state index in [2.05, 4.69) is 10.4 Å². The number of carbonyl (C=O) groups is 2. The molecule has 3 aromatic carbocycles. The number of ketones is 1. The molecule has 0 aliphatic rings. The Bertz CT molecular complexity index is 1370. The van der Waals surface area contributed by atoms with Gasteiger partial charge in [0, 0.05) is 17.5 Å². The molecular weight excluding hydrogens is 458 g/mol. The summed E-state index contributed by atoms with van der Waals surface area (Å²) in [5.74, 6) is 3.50. The Kier molecular flexibility index (Phi) is 7.29. The van der Waals surface area contributed by atoms with Crippen molar-refractivity contribution in [2.24, 2.45) is 10.8 Å². The highest BCUT2D eigenvalue weighted by atomic mass is 32.2. The van der Waals surface area contributed by atoms with Crippen LogP contribution in [0.3, 0.4) is 0 Å². The molecule has 0 saturated carbocycles. The molecule has 0 aliphatic heterocycles. The lowest BCUT2D eigenvalue weighted by Crippen LogP contribution is -2.18. The topological polar surface area (TPSA) is 191 Å². The largest absolute Gasteiger partial charge is 0.481 e. The quantitative estimate of drug-likeness (QED) is 0.0760. The highest BCUT2D eigenvalue weighted by Gasteiger charge is 2.29. The molecule has 3 rings (SSSR count). The van der Waals surface area contributed by atoms with Gasteiger partial charge in [-0.15, -0.1) is 0 Å². The van der Waals surface area contributed by atoms with Gasteiger partial charge in [0.05, 0.1) is 22.0 Å². The number of nitrogen functional groups attached to an aromatic ring is 2. The molecule has 0 heterocycles. The van der Waals surface area contributed by atoms with Gasteiger partial charge in [-0.05, 0) is 42.3 Å². The second-order valence-electron chi connectivity index (χ2n) is 7.25. The molecule has 3 aromatic rings. The second-order valence-corrected chi connectivity index (χ2v) is 9.14. The third kappa shape index (κ3) is 5.05. The number of rotatable bonds is 9. The maximum Gasteiger partial charge on any atom is 0.303 e. The van der Waals surface area contributed by atoms with E-state index in [4.69, 9.17) is 22.4 Å². The van der Waals surface area contributed by atoms with Crippen molar-refractivity contribution in [3.8, 4) is 0 Å². The van der Waals surface area contributed by atoms with Gasteiger partial charge in [0.2, 0.25) is 9.84 Å². The predicted molar refractivity (Wildman–Crippen MR) is 128 cm³/mol. The Hall–Kier alpha value is -4.22. The summed E-state index contributed by atoms with van der Waals surface area (Å²) in [6.45, 7) is 0. The van der Waals surface area contributed by atoms with Crippen molar-refractivity contribution >= 4 is 45.0 Å². The van der Waals surface area contributed by atoms with Crippen LogP contribution in [0.5, 0.6) is 0 Å². The van der Waals surface area contributed by atoms with Crippen LogP contribution >= 0.6 is 0 Å². The van der Waals surface area contributed by atoms with Gasteiger partial charge < -0.3 is 22.0 Å². The molecule has 8 N–H and O–H groups in total. The van der Waals surface area contributed by atoms with Gasteiger partial charge in [-0.25, -0.2) is 19.3 Å². The summed E-state index contributed by atoms with van der Waals surface area (Å²) < 4.78 is 26.8. The fourth-order valence-electron chi connectivity index (χ4n) is 3.38. The molecule has 11 heteroatoms. The van der Waals surface area contributed by atoms with Gasteiger partial charge in [0.1, 0.15) is 11.2 Å². The molecule has 0 bridgehead atoms. The molecule has 0 saturated heterocycles. The molecule has 0 spiro atoms. The van der Waals surface area contributed by atoms with Crippen LogP contribution in [0.15, 0.2) is 75.4 Å². The van der Waals surface area contributed by atoms with E-state index in [-0.39, 0.29) is 45.8 Å². The lowest BCUT2D eigenvalue weighted by Gasteiger charge is -2.18. The summed E-state index contributed by atoms with van der Waals surface area (Å²) in [7, 11) is -4.22. The zero-order valence-corrected chi connectivity index (χ0v) is 18.7. The molecule has 0 atom stereocenters. The van der Waals surface area contributed by atoms with Crippen LogP contribution in [0.2, 0.25) is 0 Å². The van der Waals surface area contributed by atoms with Gasteiger partial charge in [-0.2, -0.15) is 0 Å². The average molecular weight is 482 g/mol. The normalized spacial score (nSPS) is 11.4. The van der Waals surface area contributed by atoms with Crippen LogP contribution < -0.4 is 22.7 Å². The van der Waals surface area contributed by atoms with E-state index in [1.165, 1.54) is 36.7 Å². The number of carbonyl (C=O) groups excluding carboxylic acids is 1. The number of carboxylic acids is 1. The van der Waals surface area contributed by atoms with E-state index in [1.54, 1.807) is 30.3 Å². The standard InChI is InChI=1S/C23H23N5O5S/c24-20-14(9-10-19(29)30)12-18(22(31)15-5-4-6-16(11-15)27-13-28-26)21(25)23(20)34(32,33)17-7-2-1-3-8-17/h1-8,11-13H,9-10,24-26H2,(H,27,28)(H,29,30). The molecule has 0 fully saturated rings. The first-order valence-corrected chi connectivity index (χ1v) is 11.5. The van der Waals surface area contributed by atoms with Gasteiger partial charge in [0.15, 0.2) is 5.78 Å². The molecule has 0 amide bonds.